The summed E-state index contributed by atoms with van der Waals surface area (Å²) in [5.41, 5.74) is 4.57. The fourth-order valence-corrected chi connectivity index (χ4v) is 6.73. The highest BCUT2D eigenvalue weighted by atomic mass is 16.3. The summed E-state index contributed by atoms with van der Waals surface area (Å²) in [7, 11) is 1.69. The van der Waals surface area contributed by atoms with Gasteiger partial charge in [-0.2, -0.15) is 0 Å². The zero-order valence-electron chi connectivity index (χ0n) is 28.9. The summed E-state index contributed by atoms with van der Waals surface area (Å²) in [6.45, 7) is 3.79. The number of hydrogen-bond donors (Lipinski definition) is 3. The minimum absolute atomic E-state index is 0.0201. The number of nitrogens with one attached hydrogen (secondary N) is 2. The molecule has 0 unspecified atom stereocenters. The van der Waals surface area contributed by atoms with Crippen molar-refractivity contribution in [1.29, 1.82) is 0 Å². The fourth-order valence-electron chi connectivity index (χ4n) is 6.73. The van der Waals surface area contributed by atoms with Crippen molar-refractivity contribution >= 4 is 45.3 Å². The summed E-state index contributed by atoms with van der Waals surface area (Å²) in [4.78, 5) is 70.9. The van der Waals surface area contributed by atoms with Gasteiger partial charge in [0.15, 0.2) is 0 Å². The first kappa shape index (κ1) is 32.9. The summed E-state index contributed by atoms with van der Waals surface area (Å²) >= 11 is 0. The molecule has 0 spiro atoms. The number of aryl methyl sites for hydroxylation is 4. The molecular formula is C39H36N8O5. The largest absolute Gasteiger partial charge is 0.506 e. The average Bonchev–Trinajstić information content (AvgIpc) is 4.05. The lowest BCUT2D eigenvalue weighted by Gasteiger charge is -2.17. The smallest absolute Gasteiger partial charge is 0.259 e. The van der Waals surface area contributed by atoms with Crippen LogP contribution in [0.25, 0.3) is 44.1 Å². The SMILES string of the molecule is Cc1nccc(CCn2c(=O)c(-c3cncc(O)c3C)cc3cnc(NC(=O)C4CC4)cc32)c1-c1cc2cnc(NC(=O)C3CC3)cc2n(C)c1=O. The van der Waals surface area contributed by atoms with Crippen molar-refractivity contribution in [3.63, 3.8) is 0 Å². The molecule has 2 saturated carbocycles. The third-order valence-electron chi connectivity index (χ3n) is 10.1. The first-order chi connectivity index (χ1) is 25.1. The molecular weight excluding hydrogens is 660 g/mol. The maximum absolute atomic E-state index is 14.4. The van der Waals surface area contributed by atoms with Gasteiger partial charge in [-0.05, 0) is 69.7 Å². The molecule has 0 radical (unpaired) electrons. The maximum Gasteiger partial charge on any atom is 0.259 e. The molecule has 0 aromatic carbocycles. The second-order valence-corrected chi connectivity index (χ2v) is 13.7. The lowest BCUT2D eigenvalue weighted by atomic mass is 9.96. The van der Waals surface area contributed by atoms with E-state index in [-0.39, 0.29) is 47.1 Å². The second kappa shape index (κ2) is 12.8. The number of pyridine rings is 6. The Morgan fingerprint density at radius 3 is 2.06 bits per heavy atom. The Kier molecular flexibility index (Phi) is 8.12. The zero-order chi connectivity index (χ0) is 36.3. The Balaban J connectivity index is 1.20. The Morgan fingerprint density at radius 2 is 1.40 bits per heavy atom. The number of fused-ring (bicyclic) bond motifs is 2. The molecule has 6 heterocycles. The van der Waals surface area contributed by atoms with E-state index in [1.807, 2.05) is 13.0 Å². The van der Waals surface area contributed by atoms with Crippen LogP contribution in [0, 0.1) is 25.7 Å². The molecule has 0 saturated heterocycles. The predicted molar refractivity (Wildman–Crippen MR) is 197 cm³/mol. The number of nitrogens with zero attached hydrogens (tertiary/aromatic N) is 6. The highest BCUT2D eigenvalue weighted by molar-refractivity contribution is 5.96. The number of anilines is 2. The van der Waals surface area contributed by atoms with Crippen LogP contribution in [0.15, 0.2) is 70.9 Å². The molecule has 52 heavy (non-hydrogen) atoms. The number of hydrogen-bond acceptors (Lipinski definition) is 9. The van der Waals surface area contributed by atoms with Crippen molar-refractivity contribution in [3.8, 4) is 28.0 Å². The predicted octanol–water partition coefficient (Wildman–Crippen LogP) is 5.03. The number of aromatic hydroxyl groups is 1. The van der Waals surface area contributed by atoms with Crippen LogP contribution in [-0.4, -0.2) is 46.0 Å². The molecule has 2 fully saturated rings. The van der Waals surface area contributed by atoms with Crippen molar-refractivity contribution < 1.29 is 14.7 Å². The van der Waals surface area contributed by atoms with Gasteiger partial charge in [-0.15, -0.1) is 0 Å². The first-order valence-corrected chi connectivity index (χ1v) is 17.3. The monoisotopic (exact) mass is 696 g/mol. The lowest BCUT2D eigenvalue weighted by Crippen LogP contribution is -2.24. The van der Waals surface area contributed by atoms with Crippen LogP contribution < -0.4 is 21.8 Å². The topological polar surface area (TPSA) is 174 Å². The molecule has 13 heteroatoms. The van der Waals surface area contributed by atoms with Gasteiger partial charge in [0, 0.05) is 107 Å². The molecule has 3 N–H and O–H groups in total. The molecule has 2 aliphatic carbocycles. The van der Waals surface area contributed by atoms with Gasteiger partial charge in [0.25, 0.3) is 11.1 Å². The zero-order valence-corrected chi connectivity index (χ0v) is 28.9. The standard InChI is InChI=1S/C39H36N8O5/c1-20-29(18-40-19-32(20)48)27-12-26-17-43-34(45-37(50)24-6-7-24)15-31(26)47(39(27)52)11-9-22-8-10-41-21(2)35(22)28-13-25-16-42-33(44-36(49)23-4-5-23)14-30(25)46(3)38(28)51/h8,10,12-19,23-24,48H,4-7,9,11H2,1-3H3,(H,42,44,49)(H,43,45,50). The van der Waals surface area contributed by atoms with Crippen LogP contribution in [0.5, 0.6) is 5.75 Å². The van der Waals surface area contributed by atoms with Crippen LogP contribution in [0.3, 0.4) is 0 Å². The Bertz CT molecular complexity index is 2590. The molecule has 0 atom stereocenters. The second-order valence-electron chi connectivity index (χ2n) is 13.7. The molecule has 262 valence electrons. The van der Waals surface area contributed by atoms with Crippen molar-refractivity contribution in [1.82, 2.24) is 29.1 Å². The van der Waals surface area contributed by atoms with E-state index in [4.69, 9.17) is 0 Å². The van der Waals surface area contributed by atoms with E-state index < -0.39 is 0 Å². The van der Waals surface area contributed by atoms with Crippen molar-refractivity contribution in [3.05, 3.63) is 98.8 Å². The van der Waals surface area contributed by atoms with E-state index >= 15 is 0 Å². The van der Waals surface area contributed by atoms with Crippen molar-refractivity contribution in [2.24, 2.45) is 18.9 Å². The maximum atomic E-state index is 14.4. The third-order valence-corrected chi connectivity index (χ3v) is 10.1. The van der Waals surface area contributed by atoms with E-state index in [9.17, 15) is 24.3 Å². The lowest BCUT2D eigenvalue weighted by molar-refractivity contribution is -0.118. The van der Waals surface area contributed by atoms with Crippen LogP contribution in [-0.2, 0) is 29.6 Å². The normalized spacial score (nSPS) is 14.1. The fraction of sp³-hybridized carbons (Fsp3) is 0.282. The van der Waals surface area contributed by atoms with Gasteiger partial charge < -0.3 is 24.9 Å². The summed E-state index contributed by atoms with van der Waals surface area (Å²) in [5, 5.41) is 17.5. The average molecular weight is 697 g/mol. The molecule has 0 bridgehead atoms. The number of amides is 2. The van der Waals surface area contributed by atoms with Crippen LogP contribution in [0.4, 0.5) is 11.6 Å². The van der Waals surface area contributed by atoms with Crippen LogP contribution in [0.2, 0.25) is 0 Å². The number of rotatable bonds is 9. The van der Waals surface area contributed by atoms with E-state index in [0.29, 0.717) is 73.4 Å². The van der Waals surface area contributed by atoms with E-state index in [1.54, 1.807) is 72.2 Å². The summed E-state index contributed by atoms with van der Waals surface area (Å²) in [6, 6.07) is 8.80. The molecule has 6 aromatic rings. The molecule has 6 aromatic heterocycles. The van der Waals surface area contributed by atoms with Gasteiger partial charge in [-0.1, -0.05) is 0 Å². The summed E-state index contributed by atoms with van der Waals surface area (Å²) in [5.74, 6) is 0.560. The molecule has 2 aliphatic rings. The quantitative estimate of drug-likeness (QED) is 0.187. The van der Waals surface area contributed by atoms with E-state index in [1.165, 1.54) is 6.20 Å². The first-order valence-electron chi connectivity index (χ1n) is 17.3. The minimum Gasteiger partial charge on any atom is -0.506 e. The minimum atomic E-state index is -0.307. The molecule has 8 rings (SSSR count). The van der Waals surface area contributed by atoms with Gasteiger partial charge in [0.2, 0.25) is 11.8 Å². The molecule has 0 aliphatic heterocycles. The van der Waals surface area contributed by atoms with Crippen molar-refractivity contribution in [2.75, 3.05) is 10.6 Å². The van der Waals surface area contributed by atoms with Crippen LogP contribution in [0.1, 0.15) is 42.5 Å². The van der Waals surface area contributed by atoms with Gasteiger partial charge in [-0.3, -0.25) is 29.1 Å². The highest BCUT2D eigenvalue weighted by Crippen LogP contribution is 2.33. The van der Waals surface area contributed by atoms with Crippen LogP contribution >= 0.6 is 0 Å². The van der Waals surface area contributed by atoms with E-state index in [0.717, 1.165) is 31.2 Å². The van der Waals surface area contributed by atoms with E-state index in [2.05, 4.69) is 30.6 Å². The van der Waals surface area contributed by atoms with Gasteiger partial charge in [0.05, 0.1) is 17.2 Å². The number of carbonyl (C=O) groups is 2. The Hall–Kier alpha value is -6.24. The molecule has 2 amide bonds. The van der Waals surface area contributed by atoms with Gasteiger partial charge in [0.1, 0.15) is 17.4 Å². The summed E-state index contributed by atoms with van der Waals surface area (Å²) in [6.07, 6.45) is 11.6. The molecule has 13 nitrogen and oxygen atoms in total. The summed E-state index contributed by atoms with van der Waals surface area (Å²) < 4.78 is 3.19. The highest BCUT2D eigenvalue weighted by Gasteiger charge is 2.31. The van der Waals surface area contributed by atoms with Crippen molar-refractivity contribution in [2.45, 2.75) is 52.5 Å². The van der Waals surface area contributed by atoms with Gasteiger partial charge in [-0.25, -0.2) is 9.97 Å². The number of aromatic nitrogens is 6. The van der Waals surface area contributed by atoms with Gasteiger partial charge >= 0.3 is 0 Å². The third kappa shape index (κ3) is 6.08. The Labute approximate surface area is 297 Å². The number of carbonyl (C=O) groups excluding carboxylic acids is 2. The Morgan fingerprint density at radius 1 is 0.788 bits per heavy atom.